The van der Waals surface area contributed by atoms with Gasteiger partial charge in [-0.25, -0.2) is 0 Å². The molecule has 2 aliphatic heterocycles. The molecule has 1 aromatic heterocycles. The zero-order valence-corrected chi connectivity index (χ0v) is 14.5. The van der Waals surface area contributed by atoms with E-state index < -0.39 is 0 Å². The Hall–Kier alpha value is -0.780. The maximum Gasteiger partial charge on any atom is 0.206 e. The molecule has 0 fully saturated rings. The number of hydrogen-bond donors (Lipinski definition) is 0. The van der Waals surface area contributed by atoms with Gasteiger partial charge in [-0.05, 0) is 41.5 Å². The molecule has 2 nitrogen and oxygen atoms in total. The normalized spacial score (nSPS) is 16.2. The number of rotatable bonds is 2. The van der Waals surface area contributed by atoms with E-state index in [9.17, 15) is 4.79 Å². The van der Waals surface area contributed by atoms with Crippen LogP contribution in [0.5, 0.6) is 5.75 Å². The van der Waals surface area contributed by atoms with Crippen molar-refractivity contribution in [2.75, 3.05) is 12.4 Å². The van der Waals surface area contributed by atoms with Crippen molar-refractivity contribution in [1.29, 1.82) is 0 Å². The largest absolute Gasteiger partial charge is 0.492 e. The Labute approximate surface area is 140 Å². The van der Waals surface area contributed by atoms with Crippen molar-refractivity contribution in [2.24, 2.45) is 0 Å². The Morgan fingerprint density at radius 2 is 2.10 bits per heavy atom. The number of benzene rings is 1. The number of ketones is 1. The fourth-order valence-corrected chi connectivity index (χ4v) is 5.66. The molecule has 0 amide bonds. The van der Waals surface area contributed by atoms with Gasteiger partial charge >= 0.3 is 0 Å². The molecule has 1 aromatic carbocycles. The fourth-order valence-electron chi connectivity index (χ4n) is 2.83. The molecule has 0 N–H and O–H groups in total. The van der Waals surface area contributed by atoms with Gasteiger partial charge in [-0.3, -0.25) is 4.79 Å². The molecular weight excluding hydrogens is 368 g/mol. The van der Waals surface area contributed by atoms with Crippen LogP contribution in [0.2, 0.25) is 0 Å². The smallest absolute Gasteiger partial charge is 0.206 e. The summed E-state index contributed by atoms with van der Waals surface area (Å²) in [5, 5.41) is 0. The van der Waals surface area contributed by atoms with Crippen LogP contribution in [0.15, 0.2) is 22.7 Å². The highest BCUT2D eigenvalue weighted by molar-refractivity contribution is 9.10. The first-order valence-corrected chi connectivity index (χ1v) is 9.68. The Morgan fingerprint density at radius 3 is 2.95 bits per heavy atom. The maximum atomic E-state index is 12.9. The van der Waals surface area contributed by atoms with Gasteiger partial charge in [0.1, 0.15) is 5.75 Å². The van der Waals surface area contributed by atoms with E-state index in [0.29, 0.717) is 12.2 Å². The molecule has 2 aliphatic rings. The predicted octanol–water partition coefficient (Wildman–Crippen LogP) is 4.47. The lowest BCUT2D eigenvalue weighted by molar-refractivity contribution is 0.103. The van der Waals surface area contributed by atoms with Crippen LogP contribution in [-0.4, -0.2) is 18.1 Å². The van der Waals surface area contributed by atoms with Gasteiger partial charge in [-0.2, -0.15) is 11.8 Å². The third kappa shape index (κ3) is 2.45. The van der Waals surface area contributed by atoms with Crippen molar-refractivity contribution in [3.05, 3.63) is 49.1 Å². The molecule has 0 spiro atoms. The molecule has 5 heteroatoms. The SMILES string of the molecule is O=C(c1cc2c(s1)CCSC2)c1cc(Br)cc2c1OCC2. The predicted molar refractivity (Wildman–Crippen MR) is 91.0 cm³/mol. The van der Waals surface area contributed by atoms with Crippen molar-refractivity contribution in [1.82, 2.24) is 0 Å². The van der Waals surface area contributed by atoms with E-state index in [0.717, 1.165) is 45.0 Å². The summed E-state index contributed by atoms with van der Waals surface area (Å²) >= 11 is 7.11. The quantitative estimate of drug-likeness (QED) is 0.719. The molecule has 2 aromatic rings. The molecule has 0 radical (unpaired) electrons. The summed E-state index contributed by atoms with van der Waals surface area (Å²) in [4.78, 5) is 15.1. The highest BCUT2D eigenvalue weighted by Gasteiger charge is 2.25. The monoisotopic (exact) mass is 380 g/mol. The van der Waals surface area contributed by atoms with E-state index in [2.05, 4.69) is 28.1 Å². The summed E-state index contributed by atoms with van der Waals surface area (Å²) in [6.45, 7) is 0.670. The van der Waals surface area contributed by atoms with E-state index in [1.165, 1.54) is 10.4 Å². The van der Waals surface area contributed by atoms with Crippen LogP contribution in [0.4, 0.5) is 0 Å². The summed E-state index contributed by atoms with van der Waals surface area (Å²) in [6.07, 6.45) is 1.97. The summed E-state index contributed by atoms with van der Waals surface area (Å²) in [6, 6.07) is 6.02. The van der Waals surface area contributed by atoms with Crippen LogP contribution < -0.4 is 4.74 Å². The minimum absolute atomic E-state index is 0.0962. The topological polar surface area (TPSA) is 26.3 Å². The van der Waals surface area contributed by atoms with Crippen molar-refractivity contribution >= 4 is 44.8 Å². The number of halogens is 1. The fraction of sp³-hybridized carbons (Fsp3) is 0.312. The summed E-state index contributed by atoms with van der Waals surface area (Å²) < 4.78 is 6.64. The number of thiophene rings is 1. The molecule has 3 heterocycles. The average molecular weight is 381 g/mol. The maximum absolute atomic E-state index is 12.9. The third-order valence-corrected chi connectivity index (χ3v) is 6.55. The van der Waals surface area contributed by atoms with E-state index in [1.54, 1.807) is 11.3 Å². The van der Waals surface area contributed by atoms with Gasteiger partial charge in [0.05, 0.1) is 17.0 Å². The van der Waals surface area contributed by atoms with Crippen LogP contribution in [0.1, 0.15) is 31.2 Å². The lowest BCUT2D eigenvalue weighted by Gasteiger charge is -2.08. The van der Waals surface area contributed by atoms with Crippen LogP contribution in [0.25, 0.3) is 0 Å². The number of carbonyl (C=O) groups is 1. The Balaban J connectivity index is 1.77. The Morgan fingerprint density at radius 1 is 1.19 bits per heavy atom. The molecule has 4 rings (SSSR count). The minimum atomic E-state index is 0.0962. The first-order chi connectivity index (χ1) is 10.2. The highest BCUT2D eigenvalue weighted by Crippen LogP contribution is 2.37. The second-order valence-electron chi connectivity index (χ2n) is 5.23. The van der Waals surface area contributed by atoms with Gasteiger partial charge in [-0.15, -0.1) is 11.3 Å². The number of hydrogen-bond acceptors (Lipinski definition) is 4. The van der Waals surface area contributed by atoms with E-state index in [-0.39, 0.29) is 5.78 Å². The van der Waals surface area contributed by atoms with Crippen LogP contribution in [-0.2, 0) is 18.6 Å². The van der Waals surface area contributed by atoms with Gasteiger partial charge in [0.15, 0.2) is 0 Å². The average Bonchev–Trinajstić information content (AvgIpc) is 3.11. The zero-order valence-electron chi connectivity index (χ0n) is 11.3. The lowest BCUT2D eigenvalue weighted by atomic mass is 10.0. The molecule has 0 aliphatic carbocycles. The van der Waals surface area contributed by atoms with Crippen molar-refractivity contribution < 1.29 is 9.53 Å². The number of aryl methyl sites for hydroxylation is 1. The highest BCUT2D eigenvalue weighted by atomic mass is 79.9. The van der Waals surface area contributed by atoms with Crippen molar-refractivity contribution in [3.63, 3.8) is 0 Å². The van der Waals surface area contributed by atoms with Crippen molar-refractivity contribution in [2.45, 2.75) is 18.6 Å². The second kappa shape index (κ2) is 5.45. The van der Waals surface area contributed by atoms with Gasteiger partial charge in [0, 0.05) is 21.5 Å². The van der Waals surface area contributed by atoms with Crippen LogP contribution in [0, 0.1) is 0 Å². The lowest BCUT2D eigenvalue weighted by Crippen LogP contribution is -2.02. The first kappa shape index (κ1) is 13.9. The third-order valence-electron chi connectivity index (χ3n) is 3.84. The van der Waals surface area contributed by atoms with Gasteiger partial charge < -0.3 is 4.74 Å². The molecular formula is C16H13BrO2S2. The summed E-state index contributed by atoms with van der Waals surface area (Å²) in [7, 11) is 0. The number of thioether (sulfide) groups is 1. The Bertz CT molecular complexity index is 713. The molecule has 21 heavy (non-hydrogen) atoms. The van der Waals surface area contributed by atoms with E-state index in [1.807, 2.05) is 17.8 Å². The molecule has 0 saturated heterocycles. The number of ether oxygens (including phenoxy) is 1. The molecule has 0 unspecified atom stereocenters. The van der Waals surface area contributed by atoms with Crippen LogP contribution in [0.3, 0.4) is 0 Å². The zero-order chi connectivity index (χ0) is 14.4. The number of carbonyl (C=O) groups excluding carboxylic acids is 1. The molecule has 108 valence electrons. The first-order valence-electron chi connectivity index (χ1n) is 6.91. The second-order valence-corrected chi connectivity index (χ2v) is 8.39. The molecule has 0 atom stereocenters. The minimum Gasteiger partial charge on any atom is -0.492 e. The van der Waals surface area contributed by atoms with E-state index >= 15 is 0 Å². The molecule has 0 bridgehead atoms. The van der Waals surface area contributed by atoms with Crippen LogP contribution >= 0.6 is 39.0 Å². The van der Waals surface area contributed by atoms with Gasteiger partial charge in [0.2, 0.25) is 5.78 Å². The standard InChI is InChI=1S/C16H13BrO2S2/c17-11-5-9-1-3-19-16(9)12(7-11)15(18)14-6-10-8-20-4-2-13(10)21-14/h5-7H,1-4,8H2. The summed E-state index contributed by atoms with van der Waals surface area (Å²) in [5.41, 5.74) is 3.17. The van der Waals surface area contributed by atoms with Crippen molar-refractivity contribution in [3.8, 4) is 5.75 Å². The van der Waals surface area contributed by atoms with Gasteiger partial charge in [-0.1, -0.05) is 15.9 Å². The van der Waals surface area contributed by atoms with E-state index in [4.69, 9.17) is 4.74 Å². The van der Waals surface area contributed by atoms with Gasteiger partial charge in [0.25, 0.3) is 0 Å². The Kier molecular flexibility index (Phi) is 3.59. The summed E-state index contributed by atoms with van der Waals surface area (Å²) in [5.74, 6) is 3.07. The number of fused-ring (bicyclic) bond motifs is 2. The molecule has 0 saturated carbocycles.